The van der Waals surface area contributed by atoms with E-state index < -0.39 is 18.4 Å². The lowest BCUT2D eigenvalue weighted by Crippen LogP contribution is -2.33. The first-order valence-corrected chi connectivity index (χ1v) is 11.5. The quantitative estimate of drug-likeness (QED) is 0.356. The number of carboxylic acids is 1. The number of nitrogens with zero attached hydrogens (tertiary/aromatic N) is 1. The Morgan fingerprint density at radius 3 is 2.61 bits per heavy atom. The number of ether oxygens (including phenoxy) is 2. The molecule has 8 heteroatoms. The molecule has 1 fully saturated rings. The lowest BCUT2D eigenvalue weighted by Gasteiger charge is -2.13. The maximum atomic E-state index is 12.5. The molecule has 3 aromatic rings. The third kappa shape index (κ3) is 5.35. The van der Waals surface area contributed by atoms with Crippen LogP contribution < -0.4 is 9.47 Å². The second-order valence-electron chi connectivity index (χ2n) is 7.27. The van der Waals surface area contributed by atoms with Crippen LogP contribution in [0.4, 0.5) is 0 Å². The molecule has 1 heterocycles. The number of fused-ring (bicyclic) bond motifs is 1. The fourth-order valence-corrected chi connectivity index (χ4v) is 4.67. The highest BCUT2D eigenvalue weighted by molar-refractivity contribution is 8.26. The predicted molar refractivity (Wildman–Crippen MR) is 133 cm³/mol. The minimum Gasteiger partial charge on any atom is -0.490 e. The largest absolute Gasteiger partial charge is 0.490 e. The number of hydrogen-bond acceptors (Lipinski definition) is 6. The molecule has 0 aliphatic carbocycles. The van der Waals surface area contributed by atoms with Crippen molar-refractivity contribution in [1.82, 2.24) is 4.90 Å². The summed E-state index contributed by atoms with van der Waals surface area (Å²) in [6, 6.07) is 19.8. The van der Waals surface area contributed by atoms with Crippen LogP contribution in [0.1, 0.15) is 18.1 Å². The van der Waals surface area contributed by atoms with Crippen molar-refractivity contribution in [2.45, 2.75) is 13.5 Å². The van der Waals surface area contributed by atoms with Crippen LogP contribution in [0.5, 0.6) is 11.5 Å². The Hall–Kier alpha value is -3.36. The first-order valence-electron chi connectivity index (χ1n) is 10.3. The number of benzene rings is 3. The van der Waals surface area contributed by atoms with Crippen molar-refractivity contribution >= 4 is 57.0 Å². The van der Waals surface area contributed by atoms with Gasteiger partial charge in [-0.15, -0.1) is 0 Å². The molecule has 33 heavy (non-hydrogen) atoms. The van der Waals surface area contributed by atoms with Crippen LogP contribution in [0.15, 0.2) is 65.6 Å². The summed E-state index contributed by atoms with van der Waals surface area (Å²) in [5, 5.41) is 11.3. The fraction of sp³-hybridized carbons (Fsp3) is 0.160. The van der Waals surface area contributed by atoms with Gasteiger partial charge < -0.3 is 14.6 Å². The van der Waals surface area contributed by atoms with E-state index in [1.54, 1.807) is 18.2 Å². The number of thioether (sulfide) groups is 1. The van der Waals surface area contributed by atoms with Crippen LogP contribution in [0, 0.1) is 0 Å². The second-order valence-corrected chi connectivity index (χ2v) is 8.95. The lowest BCUT2D eigenvalue weighted by molar-refractivity contribution is -0.140. The first kappa shape index (κ1) is 22.8. The summed E-state index contributed by atoms with van der Waals surface area (Å²) in [6.07, 6.45) is 1.68. The third-order valence-corrected chi connectivity index (χ3v) is 6.32. The van der Waals surface area contributed by atoms with Gasteiger partial charge in [0.25, 0.3) is 5.91 Å². The summed E-state index contributed by atoms with van der Waals surface area (Å²) in [7, 11) is 0. The molecule has 6 nitrogen and oxygen atoms in total. The normalized spacial score (nSPS) is 14.8. The molecule has 4 rings (SSSR count). The maximum absolute atomic E-state index is 12.5. The molecule has 1 aliphatic rings. The summed E-state index contributed by atoms with van der Waals surface area (Å²) in [6.45, 7) is 2.28. The van der Waals surface area contributed by atoms with E-state index in [0.29, 0.717) is 29.6 Å². The molecule has 1 amide bonds. The Morgan fingerprint density at radius 1 is 1.06 bits per heavy atom. The molecular formula is C25H21NO5S2. The highest BCUT2D eigenvalue weighted by Crippen LogP contribution is 2.35. The van der Waals surface area contributed by atoms with Gasteiger partial charge in [-0.1, -0.05) is 66.4 Å². The number of hydrogen-bond donors (Lipinski definition) is 1. The topological polar surface area (TPSA) is 76.1 Å². The number of amides is 1. The summed E-state index contributed by atoms with van der Waals surface area (Å²) in [4.78, 5) is 24.9. The molecule has 1 saturated heterocycles. The SMILES string of the molecule is CCOc1cc(/C=C2\SC(=S)N(CC(=O)O)C2=O)ccc1OCc1ccc2ccccc2c1. The molecule has 0 spiro atoms. The first-order chi connectivity index (χ1) is 15.9. The number of carbonyl (C=O) groups excluding carboxylic acids is 1. The minimum absolute atomic E-state index is 0.231. The zero-order chi connectivity index (χ0) is 23.4. The molecule has 0 atom stereocenters. The van der Waals surface area contributed by atoms with Gasteiger partial charge in [-0.25, -0.2) is 0 Å². The van der Waals surface area contributed by atoms with E-state index in [2.05, 4.69) is 24.3 Å². The van der Waals surface area contributed by atoms with Crippen LogP contribution in [0.2, 0.25) is 0 Å². The number of carbonyl (C=O) groups is 2. The van der Waals surface area contributed by atoms with Crippen LogP contribution in [-0.2, 0) is 16.2 Å². The summed E-state index contributed by atoms with van der Waals surface area (Å²) < 4.78 is 12.0. The van der Waals surface area contributed by atoms with Crippen molar-refractivity contribution in [3.05, 3.63) is 76.7 Å². The van der Waals surface area contributed by atoms with Gasteiger partial charge in [0.15, 0.2) is 11.5 Å². The number of rotatable bonds is 8. The summed E-state index contributed by atoms with van der Waals surface area (Å²) >= 11 is 6.23. The molecule has 1 aliphatic heterocycles. The third-order valence-electron chi connectivity index (χ3n) is 4.94. The Morgan fingerprint density at radius 2 is 1.85 bits per heavy atom. The average Bonchev–Trinajstić information content (AvgIpc) is 3.05. The second kappa shape index (κ2) is 10.1. The monoisotopic (exact) mass is 479 g/mol. The van der Waals surface area contributed by atoms with E-state index in [1.165, 1.54) is 5.39 Å². The van der Waals surface area contributed by atoms with Gasteiger partial charge in [0, 0.05) is 0 Å². The zero-order valence-electron chi connectivity index (χ0n) is 17.8. The summed E-state index contributed by atoms with van der Waals surface area (Å²) in [5.41, 5.74) is 1.77. The van der Waals surface area contributed by atoms with Crippen molar-refractivity contribution in [2.75, 3.05) is 13.2 Å². The van der Waals surface area contributed by atoms with Crippen molar-refractivity contribution in [3.63, 3.8) is 0 Å². The molecule has 0 unspecified atom stereocenters. The van der Waals surface area contributed by atoms with Gasteiger partial charge in [-0.05, 0) is 53.1 Å². The van der Waals surface area contributed by atoms with E-state index in [4.69, 9.17) is 26.8 Å². The highest BCUT2D eigenvalue weighted by Gasteiger charge is 2.33. The molecule has 0 aromatic heterocycles. The molecule has 3 aromatic carbocycles. The fourth-order valence-electron chi connectivity index (χ4n) is 3.41. The number of thiocarbonyl (C=S) groups is 1. The van der Waals surface area contributed by atoms with E-state index >= 15 is 0 Å². The number of carboxylic acid groups (broad SMARTS) is 1. The molecule has 168 valence electrons. The highest BCUT2D eigenvalue weighted by atomic mass is 32.2. The zero-order valence-corrected chi connectivity index (χ0v) is 19.4. The standard InChI is InChI=1S/C25H21NO5S2/c1-2-30-21-12-16(13-22-24(29)26(14-23(27)28)25(32)33-22)8-10-20(21)31-15-17-7-9-18-5-3-4-6-19(18)11-17/h3-13H,2,14-15H2,1H3,(H,27,28)/b22-13-. The van der Waals surface area contributed by atoms with Crippen molar-refractivity contribution in [2.24, 2.45) is 0 Å². The van der Waals surface area contributed by atoms with Crippen molar-refractivity contribution in [3.8, 4) is 11.5 Å². The molecular weight excluding hydrogens is 458 g/mol. The van der Waals surface area contributed by atoms with Crippen molar-refractivity contribution < 1.29 is 24.2 Å². The van der Waals surface area contributed by atoms with E-state index in [1.807, 2.05) is 31.2 Å². The Balaban J connectivity index is 1.52. The smallest absolute Gasteiger partial charge is 0.323 e. The van der Waals surface area contributed by atoms with Gasteiger partial charge in [-0.3, -0.25) is 14.5 Å². The minimum atomic E-state index is -1.11. The van der Waals surface area contributed by atoms with Crippen LogP contribution in [0.3, 0.4) is 0 Å². The lowest BCUT2D eigenvalue weighted by atomic mass is 10.1. The molecule has 0 saturated carbocycles. The average molecular weight is 480 g/mol. The Labute approximate surface area is 200 Å². The van der Waals surface area contributed by atoms with Gasteiger partial charge in [0.05, 0.1) is 11.5 Å². The van der Waals surface area contributed by atoms with Gasteiger partial charge >= 0.3 is 5.97 Å². The molecule has 0 radical (unpaired) electrons. The van der Waals surface area contributed by atoms with Crippen molar-refractivity contribution in [1.29, 1.82) is 0 Å². The Kier molecular flexibility index (Phi) is 6.96. The molecule has 0 bridgehead atoms. The van der Waals surface area contributed by atoms with Crippen LogP contribution in [0.25, 0.3) is 16.8 Å². The molecule has 1 N–H and O–H groups in total. The van der Waals surface area contributed by atoms with Gasteiger partial charge in [0.1, 0.15) is 17.5 Å². The van der Waals surface area contributed by atoms with Gasteiger partial charge in [0.2, 0.25) is 0 Å². The maximum Gasteiger partial charge on any atom is 0.323 e. The van der Waals surface area contributed by atoms with E-state index in [0.717, 1.165) is 33.2 Å². The van der Waals surface area contributed by atoms with E-state index in [9.17, 15) is 9.59 Å². The number of aliphatic carboxylic acids is 1. The predicted octanol–water partition coefficient (Wildman–Crippen LogP) is 5.10. The van der Waals surface area contributed by atoms with Crippen LogP contribution >= 0.6 is 24.0 Å². The van der Waals surface area contributed by atoms with Crippen LogP contribution in [-0.4, -0.2) is 39.4 Å². The Bertz CT molecular complexity index is 1270. The van der Waals surface area contributed by atoms with E-state index in [-0.39, 0.29) is 4.32 Å². The summed E-state index contributed by atoms with van der Waals surface area (Å²) in [5.74, 6) is -0.366. The van der Waals surface area contributed by atoms with Gasteiger partial charge in [-0.2, -0.15) is 0 Å².